The van der Waals surface area contributed by atoms with Crippen LogP contribution in [0.15, 0.2) is 24.5 Å². The Labute approximate surface area is 134 Å². The Morgan fingerprint density at radius 3 is 2.29 bits per heavy atom. The number of hydrazine groups is 1. The van der Waals surface area contributed by atoms with Gasteiger partial charge >= 0.3 is 0 Å². The number of anilines is 1. The lowest BCUT2D eigenvalue weighted by atomic mass is 9.50. The SMILES string of the molecule is BrN(Nc1ccncc1)OCC12CC3CC(CC(C3)C1)C2. The van der Waals surface area contributed by atoms with Crippen LogP contribution < -0.4 is 5.43 Å². The summed E-state index contributed by atoms with van der Waals surface area (Å²) >= 11 is 3.43. The van der Waals surface area contributed by atoms with Crippen LogP contribution in [0.25, 0.3) is 0 Å². The van der Waals surface area contributed by atoms with Crippen LogP contribution in [0.1, 0.15) is 38.5 Å². The zero-order chi connectivity index (χ0) is 14.3. The summed E-state index contributed by atoms with van der Waals surface area (Å²) in [5, 5.41) is 0. The van der Waals surface area contributed by atoms with Crippen molar-refractivity contribution in [3.05, 3.63) is 24.5 Å². The summed E-state index contributed by atoms with van der Waals surface area (Å²) in [6.07, 6.45) is 12.1. The molecule has 0 radical (unpaired) electrons. The first kappa shape index (κ1) is 14.0. The summed E-state index contributed by atoms with van der Waals surface area (Å²) in [7, 11) is 0. The fourth-order valence-corrected chi connectivity index (χ4v) is 5.53. The Morgan fingerprint density at radius 1 is 1.14 bits per heavy atom. The lowest BCUT2D eigenvalue weighted by molar-refractivity contribution is -0.149. The summed E-state index contributed by atoms with van der Waals surface area (Å²) in [4.78, 5) is 9.96. The normalized spacial score (nSPS) is 37.1. The van der Waals surface area contributed by atoms with E-state index in [2.05, 4.69) is 26.6 Å². The highest BCUT2D eigenvalue weighted by atomic mass is 79.9. The maximum absolute atomic E-state index is 5.95. The van der Waals surface area contributed by atoms with Crippen molar-refractivity contribution in [1.29, 1.82) is 0 Å². The minimum absolute atomic E-state index is 0.431. The number of rotatable bonds is 5. The third-order valence-corrected chi connectivity index (χ3v) is 5.93. The summed E-state index contributed by atoms with van der Waals surface area (Å²) in [5.74, 6) is 2.91. The number of aromatic nitrogens is 1. The van der Waals surface area contributed by atoms with Crippen LogP contribution in [-0.4, -0.2) is 15.8 Å². The molecule has 5 heteroatoms. The molecule has 0 aromatic carbocycles. The van der Waals surface area contributed by atoms with Crippen molar-refractivity contribution in [1.82, 2.24) is 9.18 Å². The van der Waals surface area contributed by atoms with Crippen molar-refractivity contribution in [2.24, 2.45) is 23.2 Å². The van der Waals surface area contributed by atoms with Gasteiger partial charge in [-0.15, -0.1) is 0 Å². The number of halogens is 1. The van der Waals surface area contributed by atoms with Gasteiger partial charge in [-0.2, -0.15) is 0 Å². The standard InChI is InChI=1S/C16H22BrN3O/c17-20(19-15-1-3-18-4-2-15)21-11-16-8-12-5-13(9-16)7-14(6-12)10-16/h1-4,12-14H,5-11H2,(H,18,19). The van der Waals surface area contributed by atoms with Gasteiger partial charge in [-0.3, -0.25) is 15.2 Å². The van der Waals surface area contributed by atoms with E-state index in [9.17, 15) is 0 Å². The number of hydrogen-bond acceptors (Lipinski definition) is 4. The first-order valence-electron chi connectivity index (χ1n) is 7.96. The molecular formula is C16H22BrN3O. The molecule has 4 saturated carbocycles. The fourth-order valence-electron chi connectivity index (χ4n) is 5.22. The van der Waals surface area contributed by atoms with Gasteiger partial charge in [-0.1, -0.05) is 0 Å². The molecule has 4 nitrogen and oxygen atoms in total. The highest BCUT2D eigenvalue weighted by Crippen LogP contribution is 2.60. The summed E-state index contributed by atoms with van der Waals surface area (Å²) < 4.78 is 1.57. The largest absolute Gasteiger partial charge is 0.286 e. The van der Waals surface area contributed by atoms with E-state index in [4.69, 9.17) is 4.84 Å². The first-order chi connectivity index (χ1) is 10.2. The maximum atomic E-state index is 5.95. The molecule has 4 aliphatic carbocycles. The van der Waals surface area contributed by atoms with Gasteiger partial charge in [0, 0.05) is 12.4 Å². The van der Waals surface area contributed by atoms with Crippen LogP contribution >= 0.6 is 16.1 Å². The smallest absolute Gasteiger partial charge is 0.0773 e. The van der Waals surface area contributed by atoms with E-state index in [1.54, 1.807) is 16.6 Å². The molecule has 21 heavy (non-hydrogen) atoms. The second kappa shape index (κ2) is 5.52. The van der Waals surface area contributed by atoms with Crippen molar-refractivity contribution >= 4 is 21.8 Å². The molecule has 0 saturated heterocycles. The minimum Gasteiger partial charge on any atom is -0.286 e. The number of nitrogens with zero attached hydrogens (tertiary/aromatic N) is 2. The van der Waals surface area contributed by atoms with Crippen molar-refractivity contribution in [2.75, 3.05) is 12.0 Å². The molecule has 0 spiro atoms. The number of pyridine rings is 1. The number of nitrogens with one attached hydrogen (secondary N) is 1. The molecular weight excluding hydrogens is 330 g/mol. The highest BCUT2D eigenvalue weighted by molar-refractivity contribution is 9.07. The average molecular weight is 352 g/mol. The van der Waals surface area contributed by atoms with E-state index in [-0.39, 0.29) is 0 Å². The van der Waals surface area contributed by atoms with Crippen LogP contribution in [0.2, 0.25) is 0 Å². The van der Waals surface area contributed by atoms with Crippen molar-refractivity contribution < 1.29 is 4.84 Å². The van der Waals surface area contributed by atoms with Gasteiger partial charge in [-0.05, 0) is 78.0 Å². The molecule has 1 N–H and O–H groups in total. The van der Waals surface area contributed by atoms with E-state index in [0.29, 0.717) is 5.41 Å². The molecule has 5 rings (SSSR count). The molecule has 0 aliphatic heterocycles. The molecule has 4 fully saturated rings. The predicted molar refractivity (Wildman–Crippen MR) is 85.2 cm³/mol. The van der Waals surface area contributed by atoms with Gasteiger partial charge in [0.15, 0.2) is 0 Å². The van der Waals surface area contributed by atoms with Crippen LogP contribution in [0.5, 0.6) is 0 Å². The van der Waals surface area contributed by atoms with Crippen LogP contribution in [0.4, 0.5) is 5.69 Å². The predicted octanol–water partition coefficient (Wildman–Crippen LogP) is 4.17. The molecule has 114 valence electrons. The lowest BCUT2D eigenvalue weighted by Gasteiger charge is -2.56. The van der Waals surface area contributed by atoms with Gasteiger partial charge in [0.2, 0.25) is 0 Å². The van der Waals surface area contributed by atoms with Crippen molar-refractivity contribution in [2.45, 2.75) is 38.5 Å². The Kier molecular flexibility index (Phi) is 3.67. The molecule has 4 bridgehead atoms. The second-order valence-electron chi connectivity index (χ2n) is 7.28. The van der Waals surface area contributed by atoms with Crippen LogP contribution in [0.3, 0.4) is 0 Å². The van der Waals surface area contributed by atoms with E-state index in [0.717, 1.165) is 30.0 Å². The first-order valence-corrected chi connectivity index (χ1v) is 8.67. The van der Waals surface area contributed by atoms with E-state index < -0.39 is 0 Å². The van der Waals surface area contributed by atoms with Crippen molar-refractivity contribution in [3.8, 4) is 0 Å². The average Bonchev–Trinajstić information content (AvgIpc) is 2.45. The van der Waals surface area contributed by atoms with Crippen LogP contribution in [-0.2, 0) is 4.84 Å². The monoisotopic (exact) mass is 351 g/mol. The molecule has 1 aromatic heterocycles. The quantitative estimate of drug-likeness (QED) is 0.638. The zero-order valence-electron chi connectivity index (χ0n) is 12.2. The van der Waals surface area contributed by atoms with E-state index in [1.165, 1.54) is 38.5 Å². The molecule has 0 atom stereocenters. The molecule has 0 unspecified atom stereocenters. The Hall–Kier alpha value is -0.650. The number of hydrogen-bond donors (Lipinski definition) is 1. The zero-order valence-corrected chi connectivity index (χ0v) is 13.8. The maximum Gasteiger partial charge on any atom is 0.0773 e. The topological polar surface area (TPSA) is 37.4 Å². The van der Waals surface area contributed by atoms with Crippen molar-refractivity contribution in [3.63, 3.8) is 0 Å². The van der Waals surface area contributed by atoms with Gasteiger partial charge in [-0.25, -0.2) is 0 Å². The van der Waals surface area contributed by atoms with E-state index >= 15 is 0 Å². The molecule has 4 aliphatic rings. The summed E-state index contributed by atoms with van der Waals surface area (Å²) in [5.41, 5.74) is 4.56. The van der Waals surface area contributed by atoms with Gasteiger partial charge < -0.3 is 0 Å². The third kappa shape index (κ3) is 2.96. The van der Waals surface area contributed by atoms with Gasteiger partial charge in [0.1, 0.15) is 0 Å². The molecule has 1 aromatic rings. The summed E-state index contributed by atoms with van der Waals surface area (Å²) in [6.45, 7) is 0.819. The third-order valence-electron chi connectivity index (χ3n) is 5.55. The minimum atomic E-state index is 0.431. The van der Waals surface area contributed by atoms with Crippen LogP contribution in [0, 0.1) is 23.2 Å². The Morgan fingerprint density at radius 2 is 1.71 bits per heavy atom. The Bertz CT molecular complexity index is 460. The second-order valence-corrected chi connectivity index (χ2v) is 7.93. The van der Waals surface area contributed by atoms with Gasteiger partial charge in [0.05, 0.1) is 28.4 Å². The Balaban J connectivity index is 1.34. The lowest BCUT2D eigenvalue weighted by Crippen LogP contribution is -2.48. The molecule has 0 amide bonds. The molecule has 1 heterocycles. The van der Waals surface area contributed by atoms with Gasteiger partial charge in [0.25, 0.3) is 0 Å². The van der Waals surface area contributed by atoms with E-state index in [1.807, 2.05) is 12.1 Å². The highest BCUT2D eigenvalue weighted by Gasteiger charge is 2.51. The summed E-state index contributed by atoms with van der Waals surface area (Å²) in [6, 6.07) is 3.84. The fraction of sp³-hybridized carbons (Fsp3) is 0.688.